The first-order chi connectivity index (χ1) is 9.82. The summed E-state index contributed by atoms with van der Waals surface area (Å²) in [5.41, 5.74) is 1.16. The zero-order valence-corrected chi connectivity index (χ0v) is 12.4. The van der Waals surface area contributed by atoms with Crippen molar-refractivity contribution in [1.82, 2.24) is 4.31 Å². The van der Waals surface area contributed by atoms with Crippen LogP contribution in [0.4, 0.5) is 0 Å². The first-order valence-corrected chi connectivity index (χ1v) is 7.57. The van der Waals surface area contributed by atoms with Crippen LogP contribution in [0.1, 0.15) is 21.5 Å². The molecular formula is C14H15NO5S. The minimum Gasteiger partial charge on any atom is -0.478 e. The molecule has 21 heavy (non-hydrogen) atoms. The zero-order valence-electron chi connectivity index (χ0n) is 11.6. The molecule has 0 bridgehead atoms. The second kappa shape index (κ2) is 5.71. The summed E-state index contributed by atoms with van der Waals surface area (Å²) in [4.78, 5) is 11.0. The Bertz CT molecular complexity index is 750. The summed E-state index contributed by atoms with van der Waals surface area (Å²) in [6, 6.07) is 5.72. The van der Waals surface area contributed by atoms with Crippen LogP contribution in [0, 0.1) is 6.92 Å². The van der Waals surface area contributed by atoms with Crippen molar-refractivity contribution < 1.29 is 22.7 Å². The number of carboxylic acids is 1. The molecule has 0 aliphatic rings. The van der Waals surface area contributed by atoms with E-state index in [4.69, 9.17) is 9.52 Å². The van der Waals surface area contributed by atoms with Crippen LogP contribution in [0.25, 0.3) is 0 Å². The minimum absolute atomic E-state index is 0.00612. The molecule has 2 rings (SSSR count). The molecule has 7 heteroatoms. The van der Waals surface area contributed by atoms with Gasteiger partial charge in [-0.05, 0) is 30.7 Å². The number of aromatic carboxylic acids is 1. The smallest absolute Gasteiger partial charge is 0.335 e. The van der Waals surface area contributed by atoms with Gasteiger partial charge < -0.3 is 9.52 Å². The average molecular weight is 309 g/mol. The number of sulfonamides is 1. The predicted octanol–water partition coefficient (Wildman–Crippen LogP) is 2.11. The summed E-state index contributed by atoms with van der Waals surface area (Å²) < 4.78 is 31.2. The van der Waals surface area contributed by atoms with Gasteiger partial charge in [-0.15, -0.1) is 0 Å². The fraction of sp³-hybridized carbons (Fsp3) is 0.214. The highest BCUT2D eigenvalue weighted by Crippen LogP contribution is 2.22. The fourth-order valence-corrected chi connectivity index (χ4v) is 3.31. The Kier molecular flexibility index (Phi) is 4.15. The van der Waals surface area contributed by atoms with E-state index in [1.54, 1.807) is 13.0 Å². The third-order valence-electron chi connectivity index (χ3n) is 3.11. The number of furan rings is 1. The van der Waals surface area contributed by atoms with Crippen LogP contribution in [0.15, 0.2) is 46.1 Å². The minimum atomic E-state index is -3.77. The van der Waals surface area contributed by atoms with Crippen LogP contribution in [-0.2, 0) is 16.6 Å². The molecule has 0 saturated carbocycles. The van der Waals surface area contributed by atoms with Crippen molar-refractivity contribution in [3.63, 3.8) is 0 Å². The zero-order chi connectivity index (χ0) is 15.6. The van der Waals surface area contributed by atoms with E-state index in [1.807, 2.05) is 0 Å². The molecule has 1 heterocycles. The topological polar surface area (TPSA) is 87.8 Å². The molecule has 0 spiro atoms. The summed E-state index contributed by atoms with van der Waals surface area (Å²) in [5.74, 6) is -1.16. The third kappa shape index (κ3) is 3.14. The molecule has 2 aromatic rings. The van der Waals surface area contributed by atoms with Crippen molar-refractivity contribution in [3.8, 4) is 0 Å². The van der Waals surface area contributed by atoms with Gasteiger partial charge >= 0.3 is 5.97 Å². The van der Waals surface area contributed by atoms with E-state index < -0.39 is 16.0 Å². The largest absolute Gasteiger partial charge is 0.478 e. The van der Waals surface area contributed by atoms with Crippen molar-refractivity contribution in [2.24, 2.45) is 0 Å². The lowest BCUT2D eigenvalue weighted by molar-refractivity contribution is 0.0696. The second-order valence-corrected chi connectivity index (χ2v) is 6.69. The Morgan fingerprint density at radius 2 is 2.05 bits per heavy atom. The Hall–Kier alpha value is -2.12. The van der Waals surface area contributed by atoms with Gasteiger partial charge in [-0.1, -0.05) is 6.07 Å². The molecule has 0 atom stereocenters. The predicted molar refractivity (Wildman–Crippen MR) is 75.5 cm³/mol. The summed E-state index contributed by atoms with van der Waals surface area (Å²) >= 11 is 0. The molecular weight excluding hydrogens is 294 g/mol. The maximum absolute atomic E-state index is 12.6. The molecule has 1 aromatic carbocycles. The van der Waals surface area contributed by atoms with Crippen LogP contribution in [0.2, 0.25) is 0 Å². The summed E-state index contributed by atoms with van der Waals surface area (Å²) in [5, 5.41) is 8.99. The Morgan fingerprint density at radius 1 is 1.33 bits per heavy atom. The van der Waals surface area contributed by atoms with Crippen molar-refractivity contribution in [2.45, 2.75) is 18.4 Å². The third-order valence-corrected chi connectivity index (χ3v) is 5.05. The Labute approximate surface area is 122 Å². The van der Waals surface area contributed by atoms with Crippen molar-refractivity contribution >= 4 is 16.0 Å². The molecule has 1 aromatic heterocycles. The number of rotatable bonds is 5. The molecule has 112 valence electrons. The van der Waals surface area contributed by atoms with Crippen LogP contribution >= 0.6 is 0 Å². The van der Waals surface area contributed by atoms with Crippen LogP contribution < -0.4 is 0 Å². The number of hydrogen-bond donors (Lipinski definition) is 1. The van der Waals surface area contributed by atoms with Crippen LogP contribution in [-0.4, -0.2) is 30.8 Å². The van der Waals surface area contributed by atoms with Gasteiger partial charge in [0.15, 0.2) is 0 Å². The van der Waals surface area contributed by atoms with Crippen molar-refractivity contribution in [2.75, 3.05) is 7.05 Å². The number of aryl methyl sites for hydroxylation is 1. The van der Waals surface area contributed by atoms with Crippen LogP contribution in [0.3, 0.4) is 0 Å². The van der Waals surface area contributed by atoms with E-state index >= 15 is 0 Å². The first kappa shape index (κ1) is 15.3. The maximum atomic E-state index is 12.6. The van der Waals surface area contributed by atoms with E-state index in [0.717, 1.165) is 4.31 Å². The normalized spacial score (nSPS) is 11.8. The molecule has 0 radical (unpaired) electrons. The summed E-state index contributed by atoms with van der Waals surface area (Å²) in [6.45, 7) is 1.78. The van der Waals surface area contributed by atoms with E-state index in [9.17, 15) is 13.2 Å². The highest BCUT2D eigenvalue weighted by Gasteiger charge is 2.24. The standard InChI is InChI=1S/C14H15NO5S/c1-10-3-4-12(14(16)17)7-13(10)21(18,19)15(2)8-11-5-6-20-9-11/h3-7,9H,8H2,1-2H3,(H,16,17). The highest BCUT2D eigenvalue weighted by molar-refractivity contribution is 7.89. The van der Waals surface area contributed by atoms with Gasteiger partial charge in [0.25, 0.3) is 0 Å². The van der Waals surface area contributed by atoms with Gasteiger partial charge in [0.05, 0.1) is 23.0 Å². The van der Waals surface area contributed by atoms with Gasteiger partial charge in [0.1, 0.15) is 0 Å². The van der Waals surface area contributed by atoms with Crippen molar-refractivity contribution in [3.05, 3.63) is 53.5 Å². The number of benzene rings is 1. The molecule has 0 saturated heterocycles. The average Bonchev–Trinajstić information content (AvgIpc) is 2.91. The molecule has 0 fully saturated rings. The fourth-order valence-electron chi connectivity index (χ4n) is 1.90. The van der Waals surface area contributed by atoms with Crippen molar-refractivity contribution in [1.29, 1.82) is 0 Å². The summed E-state index contributed by atoms with van der Waals surface area (Å²) in [7, 11) is -2.33. The monoisotopic (exact) mass is 309 g/mol. The van der Waals surface area contributed by atoms with Gasteiger partial charge in [-0.3, -0.25) is 0 Å². The van der Waals surface area contributed by atoms with E-state index in [0.29, 0.717) is 11.1 Å². The highest BCUT2D eigenvalue weighted by atomic mass is 32.2. The van der Waals surface area contributed by atoms with E-state index in [2.05, 4.69) is 0 Å². The van der Waals surface area contributed by atoms with Crippen LogP contribution in [0.5, 0.6) is 0 Å². The maximum Gasteiger partial charge on any atom is 0.335 e. The Morgan fingerprint density at radius 3 is 2.62 bits per heavy atom. The molecule has 0 aliphatic heterocycles. The quantitative estimate of drug-likeness (QED) is 0.914. The van der Waals surface area contributed by atoms with Gasteiger partial charge in [0, 0.05) is 19.2 Å². The molecule has 1 N–H and O–H groups in total. The number of carbonyl (C=O) groups is 1. The lowest BCUT2D eigenvalue weighted by Crippen LogP contribution is -2.27. The molecule has 0 aliphatic carbocycles. The number of hydrogen-bond acceptors (Lipinski definition) is 4. The van der Waals surface area contributed by atoms with Gasteiger partial charge in [-0.2, -0.15) is 4.31 Å². The lowest BCUT2D eigenvalue weighted by atomic mass is 10.1. The number of carboxylic acid groups (broad SMARTS) is 1. The van der Waals surface area contributed by atoms with E-state index in [-0.39, 0.29) is 17.0 Å². The second-order valence-electron chi connectivity index (χ2n) is 4.68. The first-order valence-electron chi connectivity index (χ1n) is 6.13. The van der Waals surface area contributed by atoms with Gasteiger partial charge in [-0.25, -0.2) is 13.2 Å². The SMILES string of the molecule is Cc1ccc(C(=O)O)cc1S(=O)(=O)N(C)Cc1ccoc1. The molecule has 0 unspecified atom stereocenters. The number of nitrogens with zero attached hydrogens (tertiary/aromatic N) is 1. The van der Waals surface area contributed by atoms with Gasteiger partial charge in [0.2, 0.25) is 10.0 Å². The molecule has 6 nitrogen and oxygen atoms in total. The molecule has 0 amide bonds. The lowest BCUT2D eigenvalue weighted by Gasteiger charge is -2.18. The summed E-state index contributed by atoms with van der Waals surface area (Å²) in [6.07, 6.45) is 2.93. The Balaban J connectivity index is 2.38. The van der Waals surface area contributed by atoms with E-state index in [1.165, 1.54) is 37.8 Å².